The van der Waals surface area contributed by atoms with Crippen molar-refractivity contribution in [3.63, 3.8) is 0 Å². The van der Waals surface area contributed by atoms with Crippen LogP contribution in [-0.4, -0.2) is 31.1 Å². The molecule has 0 aliphatic carbocycles. The van der Waals surface area contributed by atoms with Gasteiger partial charge in [0.2, 0.25) is 5.91 Å². The van der Waals surface area contributed by atoms with Crippen molar-refractivity contribution < 1.29 is 9.59 Å². The molecule has 0 aliphatic heterocycles. The number of rotatable bonds is 6. The van der Waals surface area contributed by atoms with E-state index in [1.165, 1.54) is 16.0 Å². The summed E-state index contributed by atoms with van der Waals surface area (Å²) in [4.78, 5) is 28.5. The summed E-state index contributed by atoms with van der Waals surface area (Å²) in [6, 6.07) is 7.35. The van der Waals surface area contributed by atoms with Gasteiger partial charge in [-0.15, -0.1) is 11.3 Å². The van der Waals surface area contributed by atoms with Gasteiger partial charge in [-0.1, -0.05) is 18.2 Å². The quantitative estimate of drug-likeness (QED) is 0.617. The van der Waals surface area contributed by atoms with Gasteiger partial charge in [0.15, 0.2) is 15.7 Å². The number of hydrogen-bond acceptors (Lipinski definition) is 6. The van der Waals surface area contributed by atoms with Crippen molar-refractivity contribution in [2.45, 2.75) is 20.0 Å². The highest BCUT2D eigenvalue weighted by Gasteiger charge is 2.14. The van der Waals surface area contributed by atoms with Crippen LogP contribution in [0.4, 0.5) is 5.13 Å². The van der Waals surface area contributed by atoms with Crippen molar-refractivity contribution in [2.75, 3.05) is 5.32 Å². The molecule has 8 nitrogen and oxygen atoms in total. The lowest BCUT2D eigenvalue weighted by atomic mass is 10.1. The second kappa shape index (κ2) is 8.23. The van der Waals surface area contributed by atoms with Crippen LogP contribution in [0.2, 0.25) is 0 Å². The molecule has 140 valence electrons. The first-order chi connectivity index (χ1) is 13.0. The first-order valence-corrected chi connectivity index (χ1v) is 9.40. The van der Waals surface area contributed by atoms with Gasteiger partial charge in [0.1, 0.15) is 6.54 Å². The monoisotopic (exact) mass is 402 g/mol. The van der Waals surface area contributed by atoms with Gasteiger partial charge in [0, 0.05) is 24.2 Å². The van der Waals surface area contributed by atoms with Crippen molar-refractivity contribution in [2.24, 2.45) is 7.05 Å². The third-order valence-electron chi connectivity index (χ3n) is 3.90. The third-order valence-corrected chi connectivity index (χ3v) is 5.07. The predicted molar refractivity (Wildman–Crippen MR) is 105 cm³/mol. The maximum atomic E-state index is 12.3. The SMILES string of the molecule is Cc1ccccc1C(=O)NCc1nn(CC(=O)Nc2nccs2)c(=S)n1C. The molecular formula is C17H18N6O2S2. The minimum atomic E-state index is -0.269. The summed E-state index contributed by atoms with van der Waals surface area (Å²) < 4.78 is 3.49. The van der Waals surface area contributed by atoms with Gasteiger partial charge in [-0.25, -0.2) is 9.67 Å². The Labute approximate surface area is 164 Å². The largest absolute Gasteiger partial charge is 0.345 e. The molecule has 2 heterocycles. The summed E-state index contributed by atoms with van der Waals surface area (Å²) in [6.45, 7) is 2.05. The topological polar surface area (TPSA) is 93.8 Å². The number of benzene rings is 1. The summed E-state index contributed by atoms with van der Waals surface area (Å²) in [5, 5.41) is 12.2. The predicted octanol–water partition coefficient (Wildman–Crippen LogP) is 2.28. The van der Waals surface area contributed by atoms with Crippen LogP contribution in [-0.2, 0) is 24.9 Å². The van der Waals surface area contributed by atoms with Crippen LogP contribution >= 0.6 is 23.6 Å². The van der Waals surface area contributed by atoms with Crippen molar-refractivity contribution >= 4 is 40.5 Å². The standard InChI is InChI=1S/C17H18N6O2S2/c1-11-5-3-4-6-12(11)15(25)19-9-13-21-23(17(26)22(13)2)10-14(24)20-16-18-7-8-27-16/h3-8H,9-10H2,1-2H3,(H,19,25)(H,18,20,24). The highest BCUT2D eigenvalue weighted by atomic mass is 32.1. The Balaban J connectivity index is 1.66. The molecule has 3 rings (SSSR count). The normalized spacial score (nSPS) is 10.6. The fraction of sp³-hybridized carbons (Fsp3) is 0.235. The van der Waals surface area contributed by atoms with E-state index >= 15 is 0 Å². The van der Waals surface area contributed by atoms with E-state index in [0.29, 0.717) is 21.3 Å². The number of carbonyl (C=O) groups is 2. The zero-order valence-corrected chi connectivity index (χ0v) is 16.4. The minimum Gasteiger partial charge on any atom is -0.345 e. The van der Waals surface area contributed by atoms with E-state index in [4.69, 9.17) is 12.2 Å². The number of amides is 2. The molecular weight excluding hydrogens is 384 g/mol. The molecule has 2 aromatic heterocycles. The molecule has 0 unspecified atom stereocenters. The molecule has 0 aliphatic rings. The van der Waals surface area contributed by atoms with Gasteiger partial charge in [0.25, 0.3) is 5.91 Å². The van der Waals surface area contributed by atoms with E-state index in [0.717, 1.165) is 5.56 Å². The fourth-order valence-electron chi connectivity index (χ4n) is 2.45. The van der Waals surface area contributed by atoms with E-state index in [-0.39, 0.29) is 24.9 Å². The number of aryl methyl sites for hydroxylation is 1. The van der Waals surface area contributed by atoms with E-state index < -0.39 is 0 Å². The molecule has 2 N–H and O–H groups in total. The molecule has 27 heavy (non-hydrogen) atoms. The van der Waals surface area contributed by atoms with Crippen molar-refractivity contribution in [1.29, 1.82) is 0 Å². The van der Waals surface area contributed by atoms with Gasteiger partial charge >= 0.3 is 0 Å². The number of hydrogen-bond donors (Lipinski definition) is 2. The lowest BCUT2D eigenvalue weighted by Crippen LogP contribution is -2.25. The number of aromatic nitrogens is 4. The first kappa shape index (κ1) is 18.9. The lowest BCUT2D eigenvalue weighted by Gasteiger charge is -2.06. The Morgan fingerprint density at radius 1 is 1.30 bits per heavy atom. The zero-order chi connectivity index (χ0) is 19.4. The van der Waals surface area contributed by atoms with Crippen molar-refractivity contribution in [1.82, 2.24) is 24.6 Å². The summed E-state index contributed by atoms with van der Waals surface area (Å²) in [7, 11) is 1.75. The third kappa shape index (κ3) is 4.47. The maximum Gasteiger partial charge on any atom is 0.251 e. The van der Waals surface area contributed by atoms with Gasteiger partial charge in [-0.3, -0.25) is 9.59 Å². The van der Waals surface area contributed by atoms with E-state index in [9.17, 15) is 9.59 Å². The summed E-state index contributed by atoms with van der Waals surface area (Å²) in [5.41, 5.74) is 1.51. The Bertz CT molecular complexity index is 1020. The average Bonchev–Trinajstić information content (AvgIpc) is 3.24. The van der Waals surface area contributed by atoms with Gasteiger partial charge < -0.3 is 15.2 Å². The molecule has 10 heteroatoms. The maximum absolute atomic E-state index is 12.3. The molecule has 0 fully saturated rings. The van der Waals surface area contributed by atoms with Crippen LogP contribution in [0.5, 0.6) is 0 Å². The van der Waals surface area contributed by atoms with Crippen LogP contribution in [0.3, 0.4) is 0 Å². The average molecular weight is 403 g/mol. The Morgan fingerprint density at radius 2 is 2.07 bits per heavy atom. The molecule has 1 aromatic carbocycles. The zero-order valence-electron chi connectivity index (χ0n) is 14.8. The van der Waals surface area contributed by atoms with Crippen LogP contribution in [0.1, 0.15) is 21.7 Å². The van der Waals surface area contributed by atoms with Crippen LogP contribution in [0, 0.1) is 11.7 Å². The fourth-order valence-corrected chi connectivity index (χ4v) is 3.21. The molecule has 0 saturated carbocycles. The van der Waals surface area contributed by atoms with Gasteiger partial charge in [-0.2, -0.15) is 5.10 Å². The second-order valence-corrected chi connectivity index (χ2v) is 7.06. The molecule has 2 amide bonds. The van der Waals surface area contributed by atoms with Crippen LogP contribution < -0.4 is 10.6 Å². The molecule has 0 saturated heterocycles. The highest BCUT2D eigenvalue weighted by molar-refractivity contribution is 7.71. The van der Waals surface area contributed by atoms with Crippen molar-refractivity contribution in [3.8, 4) is 0 Å². The number of thiazole rings is 1. The summed E-state index contributed by atoms with van der Waals surface area (Å²) >= 11 is 6.67. The second-order valence-electron chi connectivity index (χ2n) is 5.80. The molecule has 3 aromatic rings. The lowest BCUT2D eigenvalue weighted by molar-refractivity contribution is -0.116. The van der Waals surface area contributed by atoms with Crippen LogP contribution in [0.15, 0.2) is 35.8 Å². The van der Waals surface area contributed by atoms with Crippen LogP contribution in [0.25, 0.3) is 0 Å². The first-order valence-electron chi connectivity index (χ1n) is 8.11. The van der Waals surface area contributed by atoms with E-state index in [2.05, 4.69) is 20.7 Å². The Morgan fingerprint density at radius 3 is 2.78 bits per heavy atom. The Kier molecular flexibility index (Phi) is 5.77. The smallest absolute Gasteiger partial charge is 0.251 e. The number of nitrogens with zero attached hydrogens (tertiary/aromatic N) is 4. The van der Waals surface area contributed by atoms with E-state index in [1.807, 2.05) is 25.1 Å². The molecule has 0 bridgehead atoms. The highest BCUT2D eigenvalue weighted by Crippen LogP contribution is 2.10. The Hall–Kier alpha value is -2.85. The number of carbonyl (C=O) groups excluding carboxylic acids is 2. The summed E-state index contributed by atoms with van der Waals surface area (Å²) in [5.74, 6) is 0.105. The minimum absolute atomic E-state index is 0.0298. The van der Waals surface area contributed by atoms with Gasteiger partial charge in [-0.05, 0) is 30.8 Å². The number of anilines is 1. The van der Waals surface area contributed by atoms with Crippen molar-refractivity contribution in [3.05, 3.63) is 57.6 Å². The number of nitrogens with one attached hydrogen (secondary N) is 2. The van der Waals surface area contributed by atoms with E-state index in [1.54, 1.807) is 29.3 Å². The molecule has 0 atom stereocenters. The molecule has 0 spiro atoms. The molecule has 0 radical (unpaired) electrons. The van der Waals surface area contributed by atoms with Gasteiger partial charge in [0.05, 0.1) is 6.54 Å². The summed E-state index contributed by atoms with van der Waals surface area (Å²) in [6.07, 6.45) is 1.61.